The van der Waals surface area contributed by atoms with Gasteiger partial charge in [-0.2, -0.15) is 0 Å². The maximum atomic E-state index is 5.38. The van der Waals surface area contributed by atoms with E-state index in [0.717, 1.165) is 30.0 Å². The molecule has 1 aliphatic rings. The van der Waals surface area contributed by atoms with E-state index in [1.807, 2.05) is 6.92 Å². The molecule has 3 heteroatoms. The molecular weight excluding hydrogens is 214 g/mol. The summed E-state index contributed by atoms with van der Waals surface area (Å²) in [5.41, 5.74) is 3.69. The summed E-state index contributed by atoms with van der Waals surface area (Å²) in [6, 6.07) is 4.21. The summed E-state index contributed by atoms with van der Waals surface area (Å²) in [5.74, 6) is 1.63. The van der Waals surface area contributed by atoms with Gasteiger partial charge in [0, 0.05) is 19.8 Å². The lowest BCUT2D eigenvalue weighted by Gasteiger charge is -2.13. The number of nitrogens with zero attached hydrogens (tertiary/aromatic N) is 1. The Balaban J connectivity index is 2.43. The van der Waals surface area contributed by atoms with Crippen LogP contribution >= 0.6 is 0 Å². The Morgan fingerprint density at radius 2 is 1.94 bits per heavy atom. The number of hydrogen-bond acceptors (Lipinski definition) is 3. The van der Waals surface area contributed by atoms with Crippen molar-refractivity contribution < 1.29 is 9.47 Å². The summed E-state index contributed by atoms with van der Waals surface area (Å²) in [5, 5.41) is 0. The second-order valence-corrected chi connectivity index (χ2v) is 4.41. The van der Waals surface area contributed by atoms with E-state index in [0.29, 0.717) is 0 Å². The van der Waals surface area contributed by atoms with E-state index in [1.54, 1.807) is 14.2 Å². The van der Waals surface area contributed by atoms with E-state index in [9.17, 15) is 0 Å². The Kier molecular flexibility index (Phi) is 3.27. The molecule has 1 heterocycles. The summed E-state index contributed by atoms with van der Waals surface area (Å²) in [4.78, 5) is 2.21. The molecule has 17 heavy (non-hydrogen) atoms. The fourth-order valence-electron chi connectivity index (χ4n) is 2.25. The van der Waals surface area contributed by atoms with Gasteiger partial charge in [-0.3, -0.25) is 0 Å². The summed E-state index contributed by atoms with van der Waals surface area (Å²) < 4.78 is 10.7. The van der Waals surface area contributed by atoms with Crippen LogP contribution in [0.25, 0.3) is 5.57 Å². The highest BCUT2D eigenvalue weighted by Crippen LogP contribution is 2.36. The molecule has 2 rings (SSSR count). The molecule has 0 bridgehead atoms. The third-order valence-electron chi connectivity index (χ3n) is 3.15. The number of methoxy groups -OCH3 is 2. The van der Waals surface area contributed by atoms with Crippen LogP contribution in [0.2, 0.25) is 0 Å². The Morgan fingerprint density at radius 1 is 1.18 bits per heavy atom. The SMILES string of the molecule is COc1cc(C2=CN(C)CC2)cc(C)c1OC. The zero-order valence-electron chi connectivity index (χ0n) is 10.9. The average Bonchev–Trinajstić information content (AvgIpc) is 2.74. The highest BCUT2D eigenvalue weighted by molar-refractivity contribution is 5.70. The van der Waals surface area contributed by atoms with Gasteiger partial charge in [0.2, 0.25) is 0 Å². The highest BCUT2D eigenvalue weighted by atomic mass is 16.5. The molecule has 0 aromatic heterocycles. The van der Waals surface area contributed by atoms with Crippen molar-refractivity contribution in [3.8, 4) is 11.5 Å². The quantitative estimate of drug-likeness (QED) is 0.801. The van der Waals surface area contributed by atoms with E-state index < -0.39 is 0 Å². The first-order valence-corrected chi connectivity index (χ1v) is 5.79. The first-order chi connectivity index (χ1) is 8.15. The number of aryl methyl sites for hydroxylation is 1. The summed E-state index contributed by atoms with van der Waals surface area (Å²) >= 11 is 0. The van der Waals surface area contributed by atoms with Crippen LogP contribution < -0.4 is 9.47 Å². The third kappa shape index (κ3) is 2.23. The van der Waals surface area contributed by atoms with Crippen molar-refractivity contribution in [2.24, 2.45) is 0 Å². The van der Waals surface area contributed by atoms with Gasteiger partial charge in [0.15, 0.2) is 11.5 Å². The molecular formula is C14H19NO2. The molecule has 0 aliphatic carbocycles. The van der Waals surface area contributed by atoms with Crippen LogP contribution in [0.4, 0.5) is 0 Å². The van der Waals surface area contributed by atoms with Gasteiger partial charge in [0.05, 0.1) is 14.2 Å². The lowest BCUT2D eigenvalue weighted by atomic mass is 10.0. The minimum absolute atomic E-state index is 0.804. The van der Waals surface area contributed by atoms with Crippen LogP contribution in [-0.2, 0) is 0 Å². The highest BCUT2D eigenvalue weighted by Gasteiger charge is 2.15. The van der Waals surface area contributed by atoms with E-state index in [-0.39, 0.29) is 0 Å². The molecule has 92 valence electrons. The average molecular weight is 233 g/mol. The van der Waals surface area contributed by atoms with Crippen molar-refractivity contribution >= 4 is 5.57 Å². The Labute approximate surface area is 103 Å². The largest absolute Gasteiger partial charge is 0.493 e. The fourth-order valence-corrected chi connectivity index (χ4v) is 2.25. The predicted molar refractivity (Wildman–Crippen MR) is 69.5 cm³/mol. The van der Waals surface area contributed by atoms with Crippen molar-refractivity contribution in [1.82, 2.24) is 4.90 Å². The molecule has 3 nitrogen and oxygen atoms in total. The molecule has 0 spiro atoms. The maximum absolute atomic E-state index is 5.38. The minimum atomic E-state index is 0.804. The van der Waals surface area contributed by atoms with Gasteiger partial charge in [-0.05, 0) is 42.2 Å². The second-order valence-electron chi connectivity index (χ2n) is 4.41. The maximum Gasteiger partial charge on any atom is 0.163 e. The van der Waals surface area contributed by atoms with E-state index >= 15 is 0 Å². The predicted octanol–water partition coefficient (Wildman–Crippen LogP) is 2.69. The van der Waals surface area contributed by atoms with Crippen molar-refractivity contribution in [3.63, 3.8) is 0 Å². The molecule has 1 aromatic carbocycles. The Morgan fingerprint density at radius 3 is 2.47 bits per heavy atom. The van der Waals surface area contributed by atoms with Gasteiger partial charge in [-0.25, -0.2) is 0 Å². The molecule has 0 radical (unpaired) electrons. The zero-order valence-corrected chi connectivity index (χ0v) is 10.9. The van der Waals surface area contributed by atoms with Crippen LogP contribution in [0.1, 0.15) is 17.5 Å². The number of ether oxygens (including phenoxy) is 2. The van der Waals surface area contributed by atoms with Gasteiger partial charge in [-0.15, -0.1) is 0 Å². The molecule has 0 saturated carbocycles. The first kappa shape index (κ1) is 11.8. The third-order valence-corrected chi connectivity index (χ3v) is 3.15. The van der Waals surface area contributed by atoms with Gasteiger partial charge in [-0.1, -0.05) is 0 Å². The first-order valence-electron chi connectivity index (χ1n) is 5.79. The molecule has 0 amide bonds. The van der Waals surface area contributed by atoms with Crippen LogP contribution in [0.15, 0.2) is 18.3 Å². The smallest absolute Gasteiger partial charge is 0.163 e. The number of benzene rings is 1. The zero-order chi connectivity index (χ0) is 12.4. The minimum Gasteiger partial charge on any atom is -0.493 e. The topological polar surface area (TPSA) is 21.7 Å². The van der Waals surface area contributed by atoms with E-state index in [2.05, 4.69) is 30.3 Å². The molecule has 0 unspecified atom stereocenters. The monoisotopic (exact) mass is 233 g/mol. The lowest BCUT2D eigenvalue weighted by Crippen LogP contribution is -2.04. The standard InChI is InChI=1S/C14H19NO2/c1-10-7-12(11-5-6-15(2)9-11)8-13(16-3)14(10)17-4/h7-9H,5-6H2,1-4H3. The van der Waals surface area contributed by atoms with Crippen LogP contribution in [0.5, 0.6) is 11.5 Å². The molecule has 0 fully saturated rings. The van der Waals surface area contributed by atoms with Crippen molar-refractivity contribution in [2.45, 2.75) is 13.3 Å². The Hall–Kier alpha value is -1.64. The van der Waals surface area contributed by atoms with Crippen molar-refractivity contribution in [1.29, 1.82) is 0 Å². The lowest BCUT2D eigenvalue weighted by molar-refractivity contribution is 0.353. The van der Waals surface area contributed by atoms with E-state index in [1.165, 1.54) is 11.1 Å². The molecule has 0 saturated heterocycles. The van der Waals surface area contributed by atoms with Crippen molar-refractivity contribution in [3.05, 3.63) is 29.5 Å². The van der Waals surface area contributed by atoms with Crippen LogP contribution in [0.3, 0.4) is 0 Å². The summed E-state index contributed by atoms with van der Waals surface area (Å²) in [6.45, 7) is 3.13. The molecule has 0 atom stereocenters. The number of hydrogen-bond donors (Lipinski definition) is 0. The molecule has 1 aromatic rings. The van der Waals surface area contributed by atoms with Gasteiger partial charge in [0.25, 0.3) is 0 Å². The number of rotatable bonds is 3. The van der Waals surface area contributed by atoms with Gasteiger partial charge >= 0.3 is 0 Å². The fraction of sp³-hybridized carbons (Fsp3) is 0.429. The Bertz CT molecular complexity index is 452. The summed E-state index contributed by atoms with van der Waals surface area (Å²) in [6.07, 6.45) is 3.28. The van der Waals surface area contributed by atoms with Crippen LogP contribution in [0, 0.1) is 6.92 Å². The normalized spacial score (nSPS) is 14.8. The molecule has 0 N–H and O–H groups in total. The van der Waals surface area contributed by atoms with E-state index in [4.69, 9.17) is 9.47 Å². The van der Waals surface area contributed by atoms with Crippen LogP contribution in [-0.4, -0.2) is 32.7 Å². The van der Waals surface area contributed by atoms with Gasteiger partial charge < -0.3 is 14.4 Å². The second kappa shape index (κ2) is 4.70. The van der Waals surface area contributed by atoms with Crippen molar-refractivity contribution in [2.75, 3.05) is 27.8 Å². The molecule has 1 aliphatic heterocycles. The summed E-state index contributed by atoms with van der Waals surface area (Å²) in [7, 11) is 5.45. The van der Waals surface area contributed by atoms with Gasteiger partial charge in [0.1, 0.15) is 0 Å².